The van der Waals surface area contributed by atoms with Gasteiger partial charge in [0.1, 0.15) is 0 Å². The average molecular weight is 475 g/mol. The van der Waals surface area contributed by atoms with E-state index >= 15 is 0 Å². The highest BCUT2D eigenvalue weighted by atomic mass is 19.4. The van der Waals surface area contributed by atoms with Gasteiger partial charge >= 0.3 is 12.4 Å². The quantitative estimate of drug-likeness (QED) is 0.346. The van der Waals surface area contributed by atoms with Crippen molar-refractivity contribution >= 4 is 11.1 Å². The minimum Gasteiger partial charge on any atom is -0.400 e. The summed E-state index contributed by atoms with van der Waals surface area (Å²) in [7, 11) is 1.00. The third-order valence-corrected chi connectivity index (χ3v) is 3.95. The van der Waals surface area contributed by atoms with Gasteiger partial charge in [0.15, 0.2) is 0 Å². The molecule has 0 atom stereocenters. The number of alkyl halides is 6. The van der Waals surface area contributed by atoms with Crippen LogP contribution in [0.1, 0.15) is 56.9 Å². The van der Waals surface area contributed by atoms with Gasteiger partial charge in [-0.1, -0.05) is 76.8 Å². The molecule has 0 unspecified atom stereocenters. The number of hydrogen-bond acceptors (Lipinski definition) is 1. The Bertz CT molecular complexity index is 856. The third-order valence-electron chi connectivity index (χ3n) is 3.95. The molecule has 0 radical (unpaired) electrons. The molecule has 2 aromatic carbocycles. The first-order valence-electron chi connectivity index (χ1n) is 10.3. The highest BCUT2D eigenvalue weighted by molar-refractivity contribution is 5.77. The molecule has 0 aliphatic carbocycles. The van der Waals surface area contributed by atoms with Crippen LogP contribution in [-0.2, 0) is 12.4 Å². The average Bonchev–Trinajstić information content (AvgIpc) is 2.82. The Kier molecular flexibility index (Phi) is 15.6. The number of benzene rings is 2. The second kappa shape index (κ2) is 15.9. The molecule has 7 heteroatoms. The summed E-state index contributed by atoms with van der Waals surface area (Å²) in [5.74, 6) is 0. The molecule has 0 fully saturated rings. The lowest BCUT2D eigenvalue weighted by Gasteiger charge is -2.09. The van der Waals surface area contributed by atoms with Crippen molar-refractivity contribution in [2.75, 3.05) is 7.11 Å². The van der Waals surface area contributed by atoms with Crippen molar-refractivity contribution in [2.45, 2.75) is 47.0 Å². The van der Waals surface area contributed by atoms with Crippen LogP contribution in [0.4, 0.5) is 26.3 Å². The number of allylic oxidation sites excluding steroid dienone is 5. The Morgan fingerprint density at radius 1 is 0.667 bits per heavy atom. The number of aliphatic hydroxyl groups excluding tert-OH is 1. The molecule has 0 saturated heterocycles. The minimum atomic E-state index is -4.41. The van der Waals surface area contributed by atoms with Crippen LogP contribution in [0.5, 0.6) is 0 Å². The molecule has 1 nitrogen and oxygen atoms in total. The largest absolute Gasteiger partial charge is 0.416 e. The topological polar surface area (TPSA) is 20.2 Å². The maximum atomic E-state index is 12.6. The van der Waals surface area contributed by atoms with Gasteiger partial charge in [-0.15, -0.1) is 0 Å². The monoisotopic (exact) mass is 474 g/mol. The van der Waals surface area contributed by atoms with Crippen LogP contribution >= 0.6 is 0 Å². The van der Waals surface area contributed by atoms with E-state index in [1.54, 1.807) is 19.1 Å². The summed E-state index contributed by atoms with van der Waals surface area (Å²) in [5.41, 5.74) is 0.979. The van der Waals surface area contributed by atoms with Crippen molar-refractivity contribution < 1.29 is 31.4 Å². The van der Waals surface area contributed by atoms with Crippen molar-refractivity contribution in [1.82, 2.24) is 0 Å². The second-order valence-corrected chi connectivity index (χ2v) is 5.83. The number of halogens is 6. The molecule has 0 bridgehead atoms. The smallest absolute Gasteiger partial charge is 0.400 e. The van der Waals surface area contributed by atoms with E-state index in [-0.39, 0.29) is 0 Å². The lowest BCUT2D eigenvalue weighted by atomic mass is 10.0. The SMILES string of the molecule is C=C/C(=C\C=C(/C)c1ccc(C(F)(F)F)cc1)c1ccc(C(F)(F)F)cc1.CC.CC.CO. The predicted molar refractivity (Wildman–Crippen MR) is 126 cm³/mol. The van der Waals surface area contributed by atoms with Crippen LogP contribution in [0.25, 0.3) is 11.1 Å². The molecule has 184 valence electrons. The highest BCUT2D eigenvalue weighted by Gasteiger charge is 2.30. The van der Waals surface area contributed by atoms with Gasteiger partial charge in [-0.25, -0.2) is 0 Å². The predicted octanol–water partition coefficient (Wildman–Crippen LogP) is 9.06. The lowest BCUT2D eigenvalue weighted by Crippen LogP contribution is -2.04. The summed E-state index contributed by atoms with van der Waals surface area (Å²) in [4.78, 5) is 0. The summed E-state index contributed by atoms with van der Waals surface area (Å²) in [6.45, 7) is 13.4. The Hall–Kier alpha value is -2.80. The lowest BCUT2D eigenvalue weighted by molar-refractivity contribution is -0.138. The normalized spacial score (nSPS) is 11.7. The van der Waals surface area contributed by atoms with E-state index in [0.29, 0.717) is 22.3 Å². The van der Waals surface area contributed by atoms with E-state index in [2.05, 4.69) is 6.58 Å². The molecule has 0 spiro atoms. The minimum absolute atomic E-state index is 0.550. The summed E-state index contributed by atoms with van der Waals surface area (Å²) in [6, 6.07) is 9.40. The molecule has 0 saturated carbocycles. The fourth-order valence-electron chi connectivity index (χ4n) is 2.37. The van der Waals surface area contributed by atoms with Gasteiger partial charge in [0.2, 0.25) is 0 Å². The maximum Gasteiger partial charge on any atom is 0.416 e. The number of hydrogen-bond donors (Lipinski definition) is 1. The van der Waals surface area contributed by atoms with E-state index in [1.807, 2.05) is 27.7 Å². The van der Waals surface area contributed by atoms with E-state index in [0.717, 1.165) is 31.4 Å². The van der Waals surface area contributed by atoms with Crippen LogP contribution in [0.2, 0.25) is 0 Å². The Morgan fingerprint density at radius 2 is 1.00 bits per heavy atom. The molecular weight excluding hydrogens is 442 g/mol. The summed E-state index contributed by atoms with van der Waals surface area (Å²) < 4.78 is 75.7. The molecule has 0 aromatic heterocycles. The van der Waals surface area contributed by atoms with Crippen LogP contribution in [0, 0.1) is 0 Å². The first-order valence-corrected chi connectivity index (χ1v) is 10.3. The second-order valence-electron chi connectivity index (χ2n) is 5.83. The van der Waals surface area contributed by atoms with Crippen LogP contribution in [0.15, 0.2) is 73.3 Å². The van der Waals surface area contributed by atoms with Gasteiger partial charge in [-0.05, 0) is 53.5 Å². The van der Waals surface area contributed by atoms with Crippen LogP contribution in [-0.4, -0.2) is 12.2 Å². The Labute approximate surface area is 192 Å². The van der Waals surface area contributed by atoms with Crippen LogP contribution < -0.4 is 0 Å². The first-order chi connectivity index (χ1) is 15.5. The summed E-state index contributed by atoms with van der Waals surface area (Å²) >= 11 is 0. The van der Waals surface area contributed by atoms with Crippen molar-refractivity contribution in [2.24, 2.45) is 0 Å². The molecular formula is C26H32F6O. The zero-order valence-electron chi connectivity index (χ0n) is 19.8. The van der Waals surface area contributed by atoms with Crippen molar-refractivity contribution in [3.05, 3.63) is 95.6 Å². The highest BCUT2D eigenvalue weighted by Crippen LogP contribution is 2.31. The molecule has 0 heterocycles. The van der Waals surface area contributed by atoms with Crippen molar-refractivity contribution in [3.63, 3.8) is 0 Å². The zero-order chi connectivity index (χ0) is 26.2. The fourth-order valence-corrected chi connectivity index (χ4v) is 2.37. The first kappa shape index (κ1) is 32.4. The molecule has 2 rings (SSSR count). The third kappa shape index (κ3) is 11.1. The summed E-state index contributed by atoms with van der Waals surface area (Å²) in [6.07, 6.45) is -3.97. The fraction of sp³-hybridized carbons (Fsp3) is 0.308. The molecule has 2 aromatic rings. The van der Waals surface area contributed by atoms with Gasteiger partial charge in [-0.3, -0.25) is 0 Å². The molecule has 0 amide bonds. The Balaban J connectivity index is 0. The molecule has 33 heavy (non-hydrogen) atoms. The van der Waals surface area contributed by atoms with Gasteiger partial charge in [0.05, 0.1) is 11.1 Å². The zero-order valence-corrected chi connectivity index (χ0v) is 19.8. The van der Waals surface area contributed by atoms with Gasteiger partial charge < -0.3 is 5.11 Å². The van der Waals surface area contributed by atoms with E-state index in [1.165, 1.54) is 30.3 Å². The maximum absolute atomic E-state index is 12.6. The summed E-state index contributed by atoms with van der Waals surface area (Å²) in [5, 5.41) is 7.00. The van der Waals surface area contributed by atoms with Crippen LogP contribution in [0.3, 0.4) is 0 Å². The van der Waals surface area contributed by atoms with Gasteiger partial charge in [-0.2, -0.15) is 26.3 Å². The molecule has 0 aliphatic heterocycles. The van der Waals surface area contributed by atoms with E-state index in [9.17, 15) is 26.3 Å². The molecule has 0 aliphatic rings. The standard InChI is InChI=1S/C21H16F6.2C2H6.CH4O/c1-3-15(17-8-12-19(13-9-17)21(25,26)27)5-4-14(2)16-6-10-18(11-7-16)20(22,23)24;3*1-2/h3-13H,1H2,2H3;2*1-2H3;2H,1H3/b14-4+,15-5+;;;. The molecule has 1 N–H and O–H groups in total. The van der Waals surface area contributed by atoms with Gasteiger partial charge in [0.25, 0.3) is 0 Å². The van der Waals surface area contributed by atoms with Crippen molar-refractivity contribution in [3.8, 4) is 0 Å². The number of aliphatic hydroxyl groups is 1. The van der Waals surface area contributed by atoms with E-state index < -0.39 is 23.5 Å². The number of rotatable bonds is 4. The van der Waals surface area contributed by atoms with E-state index in [4.69, 9.17) is 5.11 Å². The Morgan fingerprint density at radius 3 is 1.30 bits per heavy atom. The van der Waals surface area contributed by atoms with Gasteiger partial charge in [0, 0.05) is 7.11 Å². The van der Waals surface area contributed by atoms with Crippen molar-refractivity contribution in [1.29, 1.82) is 0 Å².